The van der Waals surface area contributed by atoms with Gasteiger partial charge in [0.05, 0.1) is 22.2 Å². The van der Waals surface area contributed by atoms with Crippen LogP contribution in [-0.4, -0.2) is 47.1 Å². The van der Waals surface area contributed by atoms with Crippen molar-refractivity contribution < 1.29 is 17.9 Å². The lowest BCUT2D eigenvalue weighted by Crippen LogP contribution is -2.40. The van der Waals surface area contributed by atoms with E-state index in [2.05, 4.69) is 4.98 Å². The number of carbonyl (C=O) groups is 1. The molecule has 0 saturated carbocycles. The van der Waals surface area contributed by atoms with E-state index in [9.17, 15) is 13.2 Å². The Morgan fingerprint density at radius 3 is 2.52 bits per heavy atom. The molecule has 4 rings (SSSR count). The van der Waals surface area contributed by atoms with Crippen molar-refractivity contribution in [2.45, 2.75) is 44.6 Å². The highest BCUT2D eigenvalue weighted by Gasteiger charge is 2.30. The van der Waals surface area contributed by atoms with E-state index in [0.717, 1.165) is 5.56 Å². The Kier molecular flexibility index (Phi) is 6.01. The van der Waals surface area contributed by atoms with Gasteiger partial charge in [-0.1, -0.05) is 35.4 Å². The van der Waals surface area contributed by atoms with Crippen molar-refractivity contribution in [2.75, 3.05) is 13.1 Å². The number of aromatic nitrogens is 2. The molecule has 0 spiro atoms. The molecule has 0 unspecified atom stereocenters. The number of amides is 1. The normalized spacial score (nSPS) is 14.9. The quantitative estimate of drug-likeness (QED) is 0.503. The predicted molar refractivity (Wildman–Crippen MR) is 129 cm³/mol. The van der Waals surface area contributed by atoms with Crippen LogP contribution in [-0.2, 0) is 14.8 Å². The summed E-state index contributed by atoms with van der Waals surface area (Å²) in [6.45, 7) is 8.03. The van der Waals surface area contributed by atoms with Gasteiger partial charge in [0, 0.05) is 18.1 Å². The van der Waals surface area contributed by atoms with Crippen molar-refractivity contribution in [1.29, 1.82) is 0 Å². The number of fused-ring (bicyclic) bond motifs is 1. The molecule has 1 aliphatic heterocycles. The van der Waals surface area contributed by atoms with Crippen LogP contribution in [0.15, 0.2) is 53.6 Å². The second kappa shape index (κ2) is 8.50. The summed E-state index contributed by atoms with van der Waals surface area (Å²) in [5, 5.41) is 0.930. The lowest BCUT2D eigenvalue weighted by molar-refractivity contribution is 0.0273. The van der Waals surface area contributed by atoms with Crippen molar-refractivity contribution in [3.8, 4) is 0 Å². The second-order valence-electron chi connectivity index (χ2n) is 9.06. The monoisotopic (exact) mass is 487 g/mol. The Morgan fingerprint density at radius 1 is 1.15 bits per heavy atom. The second-order valence-corrected chi connectivity index (χ2v) is 11.3. The Morgan fingerprint density at radius 2 is 1.85 bits per heavy atom. The average molecular weight is 488 g/mol. The molecule has 7 nitrogen and oxygen atoms in total. The highest BCUT2D eigenvalue weighted by molar-refractivity contribution is 7.90. The molecule has 0 fully saturated rings. The van der Waals surface area contributed by atoms with Crippen molar-refractivity contribution >= 4 is 44.3 Å². The van der Waals surface area contributed by atoms with E-state index in [1.807, 2.05) is 33.8 Å². The van der Waals surface area contributed by atoms with Gasteiger partial charge in [-0.3, -0.25) is 0 Å². The van der Waals surface area contributed by atoms with E-state index in [0.29, 0.717) is 34.6 Å². The summed E-state index contributed by atoms with van der Waals surface area (Å²) in [7, 11) is -3.98. The first-order valence-electron chi connectivity index (χ1n) is 10.6. The fourth-order valence-corrected chi connectivity index (χ4v) is 5.43. The zero-order chi connectivity index (χ0) is 24.0. The van der Waals surface area contributed by atoms with Gasteiger partial charge >= 0.3 is 6.09 Å². The molecule has 174 valence electrons. The van der Waals surface area contributed by atoms with Crippen molar-refractivity contribution in [1.82, 2.24) is 13.9 Å². The number of halogens is 1. The third kappa shape index (κ3) is 4.63. The molecule has 1 aromatic carbocycles. The van der Waals surface area contributed by atoms with Crippen LogP contribution in [0, 0.1) is 6.92 Å². The Balaban J connectivity index is 1.83. The smallest absolute Gasteiger partial charge is 0.410 e. The first-order chi connectivity index (χ1) is 15.5. The summed E-state index contributed by atoms with van der Waals surface area (Å²) >= 11 is 6.40. The fraction of sp³-hybridized carbons (Fsp3) is 0.333. The molecular formula is C24H26ClN3O4S. The van der Waals surface area contributed by atoms with Crippen LogP contribution in [0.5, 0.6) is 0 Å². The van der Waals surface area contributed by atoms with E-state index in [4.69, 9.17) is 16.3 Å². The zero-order valence-electron chi connectivity index (χ0n) is 19.0. The number of hydrogen-bond donors (Lipinski definition) is 0. The molecule has 0 saturated heterocycles. The first-order valence-corrected chi connectivity index (χ1v) is 12.4. The van der Waals surface area contributed by atoms with Crippen LogP contribution in [0.4, 0.5) is 4.79 Å². The van der Waals surface area contributed by atoms with E-state index in [-0.39, 0.29) is 17.1 Å². The van der Waals surface area contributed by atoms with Crippen LogP contribution < -0.4 is 0 Å². The minimum atomic E-state index is -3.98. The molecule has 1 amide bonds. The van der Waals surface area contributed by atoms with Crippen LogP contribution in [0.1, 0.15) is 38.4 Å². The summed E-state index contributed by atoms with van der Waals surface area (Å²) in [5.74, 6) is 0. The largest absolute Gasteiger partial charge is 0.444 e. The number of aryl methyl sites for hydroxylation is 1. The number of ether oxygens (including phenoxy) is 1. The van der Waals surface area contributed by atoms with Gasteiger partial charge < -0.3 is 9.64 Å². The number of rotatable bonds is 3. The van der Waals surface area contributed by atoms with Gasteiger partial charge in [-0.25, -0.2) is 22.2 Å². The molecule has 0 atom stereocenters. The van der Waals surface area contributed by atoms with Gasteiger partial charge in [0.25, 0.3) is 10.0 Å². The highest BCUT2D eigenvalue weighted by atomic mass is 35.5. The van der Waals surface area contributed by atoms with Crippen LogP contribution in [0.25, 0.3) is 16.6 Å². The molecule has 9 heteroatoms. The molecule has 0 aliphatic carbocycles. The van der Waals surface area contributed by atoms with Gasteiger partial charge in [0.2, 0.25) is 0 Å². The number of pyridine rings is 1. The third-order valence-electron chi connectivity index (χ3n) is 5.30. The molecule has 1 aliphatic rings. The van der Waals surface area contributed by atoms with E-state index in [1.54, 1.807) is 41.3 Å². The number of benzene rings is 1. The number of nitrogens with zero attached hydrogens (tertiary/aromatic N) is 3. The fourth-order valence-electron chi connectivity index (χ4n) is 3.74. The van der Waals surface area contributed by atoms with Crippen molar-refractivity contribution in [2.24, 2.45) is 0 Å². The van der Waals surface area contributed by atoms with Gasteiger partial charge in [0.1, 0.15) is 5.60 Å². The molecule has 0 bridgehead atoms. The maximum absolute atomic E-state index is 13.7. The molecule has 2 aromatic heterocycles. The van der Waals surface area contributed by atoms with E-state index < -0.39 is 21.7 Å². The van der Waals surface area contributed by atoms with Crippen molar-refractivity contribution in [3.05, 3.63) is 65.0 Å². The maximum atomic E-state index is 13.7. The first kappa shape index (κ1) is 23.3. The summed E-state index contributed by atoms with van der Waals surface area (Å²) in [6.07, 6.45) is 3.57. The van der Waals surface area contributed by atoms with Crippen LogP contribution in [0.3, 0.4) is 0 Å². The molecule has 3 aromatic rings. The Labute approximate surface area is 198 Å². The third-order valence-corrected chi connectivity index (χ3v) is 7.35. The summed E-state index contributed by atoms with van der Waals surface area (Å²) in [6, 6.07) is 10.0. The van der Waals surface area contributed by atoms with Gasteiger partial charge in [-0.05, 0) is 64.0 Å². The lowest BCUT2D eigenvalue weighted by Gasteiger charge is -2.30. The molecule has 0 N–H and O–H groups in total. The topological polar surface area (TPSA) is 81.5 Å². The number of carbonyl (C=O) groups excluding carboxylic acids is 1. The molecular weight excluding hydrogens is 462 g/mol. The Bertz CT molecular complexity index is 1350. The summed E-state index contributed by atoms with van der Waals surface area (Å²) < 4.78 is 34.2. The maximum Gasteiger partial charge on any atom is 0.410 e. The Hall–Kier alpha value is -2.84. The summed E-state index contributed by atoms with van der Waals surface area (Å²) in [5.41, 5.74) is 1.69. The van der Waals surface area contributed by atoms with Crippen LogP contribution >= 0.6 is 11.6 Å². The van der Waals surface area contributed by atoms with E-state index >= 15 is 0 Å². The van der Waals surface area contributed by atoms with Gasteiger partial charge in [-0.2, -0.15) is 0 Å². The number of hydrogen-bond acceptors (Lipinski definition) is 5. The molecule has 3 heterocycles. The van der Waals surface area contributed by atoms with Gasteiger partial charge in [0.15, 0.2) is 5.65 Å². The zero-order valence-corrected chi connectivity index (χ0v) is 20.6. The highest BCUT2D eigenvalue weighted by Crippen LogP contribution is 2.34. The van der Waals surface area contributed by atoms with Gasteiger partial charge in [-0.15, -0.1) is 0 Å². The lowest BCUT2D eigenvalue weighted by atomic mass is 10.1. The molecule has 33 heavy (non-hydrogen) atoms. The predicted octanol–water partition coefficient (Wildman–Crippen LogP) is 5.26. The van der Waals surface area contributed by atoms with Crippen molar-refractivity contribution in [3.63, 3.8) is 0 Å². The van der Waals surface area contributed by atoms with E-state index in [1.165, 1.54) is 10.2 Å². The summed E-state index contributed by atoms with van der Waals surface area (Å²) in [4.78, 5) is 18.7. The standard InChI is InChI=1S/C24H26ClN3O4S/c1-16-7-9-18(10-8-16)33(30,31)28-21(14-19-20(25)11-12-26-22(19)28)17-6-5-13-27(15-17)23(29)32-24(2,3)4/h6-12,14H,5,13,15H2,1-4H3. The minimum absolute atomic E-state index is 0.147. The molecule has 0 radical (unpaired) electrons. The SMILES string of the molecule is Cc1ccc(S(=O)(=O)n2c(C3=CCCN(C(=O)OC(C)(C)C)C3)cc3c(Cl)ccnc32)cc1. The van der Waals surface area contributed by atoms with Crippen LogP contribution in [0.2, 0.25) is 5.02 Å². The average Bonchev–Trinajstić information content (AvgIpc) is 3.15. The minimum Gasteiger partial charge on any atom is -0.444 e.